The topological polar surface area (TPSA) is 47.6 Å². The quantitative estimate of drug-likeness (QED) is 0.644. The van der Waals surface area contributed by atoms with E-state index in [9.17, 15) is 4.79 Å². The monoisotopic (exact) mass is 187 g/mol. The zero-order valence-electron chi connectivity index (χ0n) is 8.21. The molecule has 1 aliphatic rings. The van der Waals surface area contributed by atoms with E-state index in [0.717, 1.165) is 19.4 Å². The Hall–Kier alpha value is -0.610. The molecule has 0 unspecified atom stereocenters. The van der Waals surface area contributed by atoms with Crippen molar-refractivity contribution in [2.75, 3.05) is 20.3 Å². The van der Waals surface area contributed by atoms with E-state index < -0.39 is 0 Å². The van der Waals surface area contributed by atoms with Gasteiger partial charge in [-0.2, -0.15) is 0 Å². The first-order valence-corrected chi connectivity index (χ1v) is 4.69. The normalized spacial score (nSPS) is 24.3. The summed E-state index contributed by atoms with van der Waals surface area (Å²) in [6.45, 7) is 3.45. The van der Waals surface area contributed by atoms with Crippen molar-refractivity contribution in [1.29, 1.82) is 0 Å². The Kier molecular flexibility index (Phi) is 4.18. The Morgan fingerprint density at radius 1 is 1.77 bits per heavy atom. The molecule has 1 fully saturated rings. The minimum absolute atomic E-state index is 0.184. The molecule has 0 aromatic rings. The van der Waals surface area contributed by atoms with Gasteiger partial charge in [0, 0.05) is 12.6 Å². The number of ether oxygens (including phenoxy) is 2. The number of rotatable bonds is 4. The van der Waals surface area contributed by atoms with Crippen LogP contribution in [0.15, 0.2) is 0 Å². The molecule has 0 amide bonds. The summed E-state index contributed by atoms with van der Waals surface area (Å²) in [4.78, 5) is 11.2. The van der Waals surface area contributed by atoms with Gasteiger partial charge in [-0.15, -0.1) is 0 Å². The molecular weight excluding hydrogens is 170 g/mol. The minimum atomic E-state index is -0.186. The van der Waals surface area contributed by atoms with Gasteiger partial charge in [-0.05, 0) is 12.8 Å². The summed E-state index contributed by atoms with van der Waals surface area (Å²) in [6, 6.07) is 0.126. The number of esters is 1. The van der Waals surface area contributed by atoms with E-state index in [1.54, 1.807) is 0 Å². The van der Waals surface area contributed by atoms with Crippen LogP contribution in [-0.4, -0.2) is 38.4 Å². The maximum absolute atomic E-state index is 11.2. The van der Waals surface area contributed by atoms with Gasteiger partial charge in [0.15, 0.2) is 0 Å². The van der Waals surface area contributed by atoms with Crippen LogP contribution >= 0.6 is 0 Å². The first-order chi connectivity index (χ1) is 6.27. The molecule has 0 spiro atoms. The van der Waals surface area contributed by atoms with E-state index in [4.69, 9.17) is 4.74 Å². The fourth-order valence-electron chi connectivity index (χ4n) is 1.45. The van der Waals surface area contributed by atoms with Gasteiger partial charge in [-0.1, -0.05) is 6.92 Å². The van der Waals surface area contributed by atoms with E-state index in [0.29, 0.717) is 12.6 Å². The lowest BCUT2D eigenvalue weighted by Crippen LogP contribution is -2.43. The van der Waals surface area contributed by atoms with E-state index >= 15 is 0 Å². The van der Waals surface area contributed by atoms with Crippen molar-refractivity contribution in [2.24, 2.45) is 0 Å². The Bertz CT molecular complexity index is 166. The van der Waals surface area contributed by atoms with Crippen molar-refractivity contribution in [3.05, 3.63) is 0 Å². The fraction of sp³-hybridized carbons (Fsp3) is 0.889. The lowest BCUT2D eigenvalue weighted by Gasteiger charge is -2.18. The lowest BCUT2D eigenvalue weighted by molar-refractivity contribution is -0.143. The number of carbonyl (C=O) groups excluding carboxylic acids is 1. The van der Waals surface area contributed by atoms with Gasteiger partial charge in [0.25, 0.3) is 0 Å². The lowest BCUT2D eigenvalue weighted by atomic mass is 10.1. The van der Waals surface area contributed by atoms with Crippen LogP contribution in [0.3, 0.4) is 0 Å². The average Bonchev–Trinajstić information content (AvgIpc) is 2.65. The van der Waals surface area contributed by atoms with E-state index in [1.807, 2.05) is 6.92 Å². The van der Waals surface area contributed by atoms with Gasteiger partial charge in [-0.25, -0.2) is 0 Å². The fourth-order valence-corrected chi connectivity index (χ4v) is 1.45. The van der Waals surface area contributed by atoms with Crippen molar-refractivity contribution in [3.8, 4) is 0 Å². The van der Waals surface area contributed by atoms with Crippen LogP contribution in [0.25, 0.3) is 0 Å². The molecule has 0 aromatic carbocycles. The highest BCUT2D eigenvalue weighted by atomic mass is 16.5. The SMILES string of the molecule is CC[C@@H](N[C@H]1CCOC1)C(=O)OC. The Morgan fingerprint density at radius 3 is 3.00 bits per heavy atom. The molecule has 13 heavy (non-hydrogen) atoms. The van der Waals surface area contributed by atoms with Crippen LogP contribution in [0.2, 0.25) is 0 Å². The van der Waals surface area contributed by atoms with Crippen LogP contribution in [0.5, 0.6) is 0 Å². The second-order valence-electron chi connectivity index (χ2n) is 3.21. The van der Waals surface area contributed by atoms with Gasteiger partial charge in [0.2, 0.25) is 0 Å². The molecule has 0 aromatic heterocycles. The van der Waals surface area contributed by atoms with Crippen molar-refractivity contribution in [2.45, 2.75) is 31.8 Å². The third-order valence-electron chi connectivity index (χ3n) is 2.26. The molecule has 0 aliphatic carbocycles. The molecule has 1 N–H and O–H groups in total. The number of nitrogens with one attached hydrogen (secondary N) is 1. The molecule has 2 atom stereocenters. The largest absolute Gasteiger partial charge is 0.468 e. The third kappa shape index (κ3) is 2.97. The second-order valence-corrected chi connectivity index (χ2v) is 3.21. The minimum Gasteiger partial charge on any atom is -0.468 e. The molecule has 76 valence electrons. The van der Waals surface area contributed by atoms with E-state index in [1.165, 1.54) is 7.11 Å². The summed E-state index contributed by atoms with van der Waals surface area (Å²) in [6.07, 6.45) is 1.73. The molecule has 1 heterocycles. The highest BCUT2D eigenvalue weighted by molar-refractivity contribution is 5.75. The van der Waals surface area contributed by atoms with E-state index in [-0.39, 0.29) is 12.0 Å². The van der Waals surface area contributed by atoms with Crippen molar-refractivity contribution >= 4 is 5.97 Å². The van der Waals surface area contributed by atoms with Crippen molar-refractivity contribution < 1.29 is 14.3 Å². The first-order valence-electron chi connectivity index (χ1n) is 4.69. The first kappa shape index (κ1) is 10.5. The summed E-state index contributed by atoms with van der Waals surface area (Å²) in [7, 11) is 1.41. The van der Waals surface area contributed by atoms with Crippen LogP contribution in [0, 0.1) is 0 Å². The highest BCUT2D eigenvalue weighted by Gasteiger charge is 2.23. The van der Waals surface area contributed by atoms with Crippen LogP contribution in [-0.2, 0) is 14.3 Å². The van der Waals surface area contributed by atoms with Gasteiger partial charge in [0.05, 0.1) is 13.7 Å². The van der Waals surface area contributed by atoms with Crippen LogP contribution < -0.4 is 5.32 Å². The third-order valence-corrected chi connectivity index (χ3v) is 2.26. The van der Waals surface area contributed by atoms with Crippen LogP contribution in [0.1, 0.15) is 19.8 Å². The molecule has 1 saturated heterocycles. The molecular formula is C9H17NO3. The van der Waals surface area contributed by atoms with Gasteiger partial charge < -0.3 is 9.47 Å². The number of methoxy groups -OCH3 is 1. The maximum atomic E-state index is 11.2. The summed E-state index contributed by atoms with van der Waals surface area (Å²) in [5, 5.41) is 3.22. The average molecular weight is 187 g/mol. The molecule has 4 nitrogen and oxygen atoms in total. The Labute approximate surface area is 78.6 Å². The smallest absolute Gasteiger partial charge is 0.322 e. The molecule has 0 bridgehead atoms. The summed E-state index contributed by atoms with van der Waals surface area (Å²) >= 11 is 0. The van der Waals surface area contributed by atoms with Gasteiger partial charge in [-0.3, -0.25) is 10.1 Å². The standard InChI is InChI=1S/C9H17NO3/c1-3-8(9(11)12-2)10-7-4-5-13-6-7/h7-8,10H,3-6H2,1-2H3/t7-,8+/m0/s1. The summed E-state index contributed by atoms with van der Waals surface area (Å²) < 4.78 is 9.87. The Morgan fingerprint density at radius 2 is 2.54 bits per heavy atom. The molecule has 4 heteroatoms. The van der Waals surface area contributed by atoms with Crippen molar-refractivity contribution in [1.82, 2.24) is 5.32 Å². The molecule has 1 rings (SSSR count). The Balaban J connectivity index is 2.33. The molecule has 0 saturated carbocycles. The number of hydrogen-bond acceptors (Lipinski definition) is 4. The number of hydrogen-bond donors (Lipinski definition) is 1. The van der Waals surface area contributed by atoms with Gasteiger partial charge in [0.1, 0.15) is 6.04 Å². The molecule has 0 radical (unpaired) electrons. The predicted octanol–water partition coefficient (Wildman–Crippen LogP) is 0.316. The van der Waals surface area contributed by atoms with Gasteiger partial charge >= 0.3 is 5.97 Å². The molecule has 1 aliphatic heterocycles. The highest BCUT2D eigenvalue weighted by Crippen LogP contribution is 2.06. The number of carbonyl (C=O) groups is 1. The zero-order valence-corrected chi connectivity index (χ0v) is 8.21. The van der Waals surface area contributed by atoms with Crippen LogP contribution in [0.4, 0.5) is 0 Å². The maximum Gasteiger partial charge on any atom is 0.322 e. The predicted molar refractivity (Wildman–Crippen MR) is 48.5 cm³/mol. The van der Waals surface area contributed by atoms with Crippen molar-refractivity contribution in [3.63, 3.8) is 0 Å². The summed E-state index contributed by atoms with van der Waals surface area (Å²) in [5.74, 6) is -0.186. The van der Waals surface area contributed by atoms with E-state index in [2.05, 4.69) is 10.1 Å². The summed E-state index contributed by atoms with van der Waals surface area (Å²) in [5.41, 5.74) is 0. The zero-order chi connectivity index (χ0) is 9.68. The second kappa shape index (κ2) is 5.19.